The molecule has 2 fully saturated rings. The molecule has 6 atom stereocenters. The lowest BCUT2D eigenvalue weighted by Gasteiger charge is -2.41. The number of piperidine rings is 1. The maximum atomic E-state index is 12.1. The third-order valence-electron chi connectivity index (χ3n) is 7.11. The van der Waals surface area contributed by atoms with Crippen LogP contribution in [0.2, 0.25) is 0 Å². The largest absolute Gasteiger partial charge is 0.466 e. The molecule has 5 heteroatoms. The maximum Gasteiger partial charge on any atom is 0.307 e. The topological polar surface area (TPSA) is 59.0 Å². The SMILES string of the molecule is CCOC(=O)C[C@H]1CC[C@H](C)CN1C[C@H]1[C@H](C)[C@@H](COCc2ccccc2)C[C@@H]1O. The molecule has 1 aromatic carbocycles. The van der Waals surface area contributed by atoms with E-state index in [9.17, 15) is 9.90 Å². The van der Waals surface area contributed by atoms with Crippen LogP contribution in [0.4, 0.5) is 0 Å². The molecule has 1 aliphatic carbocycles. The monoisotopic (exact) mass is 417 g/mol. The average molecular weight is 418 g/mol. The molecule has 1 saturated carbocycles. The van der Waals surface area contributed by atoms with Crippen molar-refractivity contribution in [2.75, 3.05) is 26.3 Å². The summed E-state index contributed by atoms with van der Waals surface area (Å²) in [4.78, 5) is 14.5. The van der Waals surface area contributed by atoms with Crippen molar-refractivity contribution in [1.29, 1.82) is 0 Å². The van der Waals surface area contributed by atoms with Crippen molar-refractivity contribution in [1.82, 2.24) is 4.90 Å². The average Bonchev–Trinajstić information content (AvgIpc) is 2.98. The van der Waals surface area contributed by atoms with Crippen molar-refractivity contribution in [2.45, 2.75) is 65.2 Å². The van der Waals surface area contributed by atoms with E-state index in [0.29, 0.717) is 44.0 Å². The van der Waals surface area contributed by atoms with Crippen LogP contribution in [0.5, 0.6) is 0 Å². The first-order valence-corrected chi connectivity index (χ1v) is 11.7. The number of aliphatic hydroxyl groups is 1. The highest BCUT2D eigenvalue weighted by atomic mass is 16.5. The molecule has 168 valence electrons. The zero-order chi connectivity index (χ0) is 21.5. The second kappa shape index (κ2) is 11.3. The molecule has 1 saturated heterocycles. The van der Waals surface area contributed by atoms with Crippen LogP contribution in [0.1, 0.15) is 52.0 Å². The van der Waals surface area contributed by atoms with Crippen molar-refractivity contribution < 1.29 is 19.4 Å². The van der Waals surface area contributed by atoms with E-state index < -0.39 is 0 Å². The van der Waals surface area contributed by atoms with E-state index in [2.05, 4.69) is 30.9 Å². The summed E-state index contributed by atoms with van der Waals surface area (Å²) < 4.78 is 11.2. The molecule has 30 heavy (non-hydrogen) atoms. The second-order valence-corrected chi connectivity index (χ2v) is 9.39. The van der Waals surface area contributed by atoms with Crippen LogP contribution in [0.25, 0.3) is 0 Å². The molecule has 1 aromatic rings. The number of nitrogens with zero attached hydrogens (tertiary/aromatic N) is 1. The lowest BCUT2D eigenvalue weighted by molar-refractivity contribution is -0.145. The molecule has 0 radical (unpaired) electrons. The normalized spacial score (nSPS) is 32.3. The van der Waals surface area contributed by atoms with Gasteiger partial charge in [0, 0.05) is 25.0 Å². The van der Waals surface area contributed by atoms with E-state index in [1.54, 1.807) is 0 Å². The molecule has 5 nitrogen and oxygen atoms in total. The number of aliphatic hydroxyl groups excluding tert-OH is 1. The van der Waals surface area contributed by atoms with Gasteiger partial charge in [0.1, 0.15) is 0 Å². The Kier molecular flexibility index (Phi) is 8.72. The molecule has 1 heterocycles. The molecule has 1 aliphatic heterocycles. The predicted molar refractivity (Wildman–Crippen MR) is 118 cm³/mol. The fourth-order valence-electron chi connectivity index (χ4n) is 5.25. The van der Waals surface area contributed by atoms with Crippen LogP contribution in [0.15, 0.2) is 30.3 Å². The first-order chi connectivity index (χ1) is 14.5. The maximum absolute atomic E-state index is 12.1. The fraction of sp³-hybridized carbons (Fsp3) is 0.720. The van der Waals surface area contributed by atoms with Gasteiger partial charge in [-0.3, -0.25) is 9.69 Å². The third kappa shape index (κ3) is 6.29. The minimum absolute atomic E-state index is 0.103. The highest BCUT2D eigenvalue weighted by Crippen LogP contribution is 2.39. The van der Waals surface area contributed by atoms with E-state index in [1.807, 2.05) is 25.1 Å². The van der Waals surface area contributed by atoms with Crippen molar-refractivity contribution in [3.8, 4) is 0 Å². The minimum Gasteiger partial charge on any atom is -0.466 e. The highest BCUT2D eigenvalue weighted by Gasteiger charge is 2.42. The van der Waals surface area contributed by atoms with Gasteiger partial charge >= 0.3 is 5.97 Å². The third-order valence-corrected chi connectivity index (χ3v) is 7.11. The summed E-state index contributed by atoms with van der Waals surface area (Å²) in [5.74, 6) is 1.53. The number of esters is 1. The zero-order valence-corrected chi connectivity index (χ0v) is 18.8. The van der Waals surface area contributed by atoms with Gasteiger partial charge in [0.25, 0.3) is 0 Å². The smallest absolute Gasteiger partial charge is 0.307 e. The lowest BCUT2D eigenvalue weighted by Crippen LogP contribution is -2.47. The van der Waals surface area contributed by atoms with E-state index in [1.165, 1.54) is 5.56 Å². The first-order valence-electron chi connectivity index (χ1n) is 11.7. The van der Waals surface area contributed by atoms with Gasteiger partial charge < -0.3 is 14.6 Å². The van der Waals surface area contributed by atoms with Gasteiger partial charge in [-0.15, -0.1) is 0 Å². The Morgan fingerprint density at radius 3 is 2.70 bits per heavy atom. The van der Waals surface area contributed by atoms with Crippen LogP contribution in [0, 0.1) is 23.7 Å². The van der Waals surface area contributed by atoms with Crippen LogP contribution in [-0.2, 0) is 20.9 Å². The molecule has 3 rings (SSSR count). The van der Waals surface area contributed by atoms with E-state index in [0.717, 1.165) is 32.4 Å². The van der Waals surface area contributed by atoms with Gasteiger partial charge in [-0.25, -0.2) is 0 Å². The molecular formula is C25H39NO4. The molecular weight excluding hydrogens is 378 g/mol. The Morgan fingerprint density at radius 1 is 1.20 bits per heavy atom. The van der Waals surface area contributed by atoms with Crippen LogP contribution < -0.4 is 0 Å². The van der Waals surface area contributed by atoms with Crippen LogP contribution >= 0.6 is 0 Å². The van der Waals surface area contributed by atoms with Crippen molar-refractivity contribution in [2.24, 2.45) is 23.7 Å². The van der Waals surface area contributed by atoms with Crippen LogP contribution in [-0.4, -0.2) is 54.4 Å². The van der Waals surface area contributed by atoms with Gasteiger partial charge in [0.2, 0.25) is 0 Å². The summed E-state index contributed by atoms with van der Waals surface area (Å²) in [6, 6.07) is 10.5. The molecule has 1 N–H and O–H groups in total. The van der Waals surface area contributed by atoms with E-state index in [-0.39, 0.29) is 24.0 Å². The lowest BCUT2D eigenvalue weighted by atomic mass is 9.87. The number of rotatable bonds is 9. The summed E-state index contributed by atoms with van der Waals surface area (Å²) in [7, 11) is 0. The Hall–Kier alpha value is -1.43. The Labute approximate surface area is 181 Å². The molecule has 0 spiro atoms. The standard InChI is InChI=1S/C25H39NO4/c1-4-30-25(28)13-22-11-10-18(2)14-26(22)15-23-19(3)21(12-24(23)27)17-29-16-20-8-6-5-7-9-20/h5-9,18-19,21-24,27H,4,10-17H2,1-3H3/t18-,19+,21+,22+,23-,24-/m0/s1. The molecule has 2 aliphatic rings. The van der Waals surface area contributed by atoms with Gasteiger partial charge in [0.15, 0.2) is 0 Å². The minimum atomic E-state index is -0.300. The van der Waals surface area contributed by atoms with Gasteiger partial charge in [-0.1, -0.05) is 44.2 Å². The Balaban J connectivity index is 1.53. The van der Waals surface area contributed by atoms with Gasteiger partial charge in [-0.2, -0.15) is 0 Å². The number of ether oxygens (including phenoxy) is 2. The predicted octanol–water partition coefficient (Wildman–Crippen LogP) is 3.89. The fourth-order valence-corrected chi connectivity index (χ4v) is 5.25. The van der Waals surface area contributed by atoms with Crippen molar-refractivity contribution >= 4 is 5.97 Å². The number of carbonyl (C=O) groups excluding carboxylic acids is 1. The molecule has 0 aromatic heterocycles. The highest BCUT2D eigenvalue weighted by molar-refractivity contribution is 5.70. The molecule has 0 bridgehead atoms. The van der Waals surface area contributed by atoms with Gasteiger partial charge in [-0.05, 0) is 49.5 Å². The Morgan fingerprint density at radius 2 is 1.97 bits per heavy atom. The summed E-state index contributed by atoms with van der Waals surface area (Å²) in [5, 5.41) is 10.8. The molecule has 0 unspecified atom stereocenters. The second-order valence-electron chi connectivity index (χ2n) is 9.39. The van der Waals surface area contributed by atoms with Gasteiger partial charge in [0.05, 0.1) is 32.3 Å². The summed E-state index contributed by atoms with van der Waals surface area (Å²) in [6.07, 6.45) is 3.14. The summed E-state index contributed by atoms with van der Waals surface area (Å²) >= 11 is 0. The number of likely N-dealkylation sites (tertiary alicyclic amines) is 1. The summed E-state index contributed by atoms with van der Waals surface area (Å²) in [6.45, 7) is 9.98. The quantitative estimate of drug-likeness (QED) is 0.618. The van der Waals surface area contributed by atoms with Crippen molar-refractivity contribution in [3.63, 3.8) is 0 Å². The van der Waals surface area contributed by atoms with E-state index in [4.69, 9.17) is 9.47 Å². The number of carbonyl (C=O) groups is 1. The zero-order valence-electron chi connectivity index (χ0n) is 18.8. The van der Waals surface area contributed by atoms with E-state index >= 15 is 0 Å². The van der Waals surface area contributed by atoms with Crippen LogP contribution in [0.3, 0.4) is 0 Å². The number of benzene rings is 1. The number of hydrogen-bond acceptors (Lipinski definition) is 5. The Bertz CT molecular complexity index is 652. The van der Waals surface area contributed by atoms with Crippen molar-refractivity contribution in [3.05, 3.63) is 35.9 Å². The first kappa shape index (κ1) is 23.2. The number of hydrogen-bond donors (Lipinski definition) is 1. The summed E-state index contributed by atoms with van der Waals surface area (Å²) in [5.41, 5.74) is 1.18. The molecule has 0 amide bonds.